The molecule has 2 aromatic rings. The summed E-state index contributed by atoms with van der Waals surface area (Å²) >= 11 is 7.17. The number of carboxylic acids is 1. The fourth-order valence-corrected chi connectivity index (χ4v) is 4.19. The monoisotopic (exact) mass is 376 g/mol. The maximum absolute atomic E-state index is 12.2. The molecule has 1 amide bonds. The van der Waals surface area contributed by atoms with Crippen molar-refractivity contribution < 1.29 is 14.7 Å². The molecule has 2 heterocycles. The largest absolute Gasteiger partial charge is 0.478 e. The molecule has 130 valence electrons. The summed E-state index contributed by atoms with van der Waals surface area (Å²) < 4.78 is 0. The van der Waals surface area contributed by atoms with Crippen molar-refractivity contribution in [2.45, 2.75) is 13.0 Å². The maximum atomic E-state index is 12.2. The quantitative estimate of drug-likeness (QED) is 0.797. The minimum Gasteiger partial charge on any atom is -0.478 e. The van der Waals surface area contributed by atoms with Crippen LogP contribution < -0.4 is 5.32 Å². The zero-order valence-corrected chi connectivity index (χ0v) is 15.2. The highest BCUT2D eigenvalue weighted by atomic mass is 35.5. The molecule has 1 aliphatic rings. The van der Waals surface area contributed by atoms with Crippen molar-refractivity contribution in [3.05, 3.63) is 56.9 Å². The van der Waals surface area contributed by atoms with E-state index in [-0.39, 0.29) is 11.5 Å². The van der Waals surface area contributed by atoms with Crippen LogP contribution in [0, 0.1) is 0 Å². The predicted molar refractivity (Wildman–Crippen MR) is 100 cm³/mol. The number of carbonyl (C=O) groups excluding carboxylic acids is 1. The number of nitrogens with zero attached hydrogens (tertiary/aromatic N) is 1. The van der Waals surface area contributed by atoms with Crippen molar-refractivity contribution in [2.24, 2.45) is 0 Å². The summed E-state index contributed by atoms with van der Waals surface area (Å²) in [6, 6.07) is 7.08. The molecule has 0 bridgehead atoms. The van der Waals surface area contributed by atoms with Gasteiger partial charge in [0, 0.05) is 29.1 Å². The minimum atomic E-state index is -1.00. The SMILES string of the molecule is CN1CCc2c(sc(NC(=O)/C=C/c3ccc(Cl)cc3)c2C(=O)O)C1. The van der Waals surface area contributed by atoms with Gasteiger partial charge in [-0.3, -0.25) is 4.79 Å². The second kappa shape index (κ2) is 7.39. The van der Waals surface area contributed by atoms with Crippen LogP contribution in [0.25, 0.3) is 6.08 Å². The Bertz CT molecular complexity index is 843. The van der Waals surface area contributed by atoms with Gasteiger partial charge >= 0.3 is 5.97 Å². The number of fused-ring (bicyclic) bond motifs is 1. The molecule has 0 aliphatic carbocycles. The highest BCUT2D eigenvalue weighted by molar-refractivity contribution is 7.17. The Labute approximate surface area is 154 Å². The summed E-state index contributed by atoms with van der Waals surface area (Å²) in [6.07, 6.45) is 3.73. The molecule has 0 spiro atoms. The first-order valence-corrected chi connectivity index (χ1v) is 8.94. The van der Waals surface area contributed by atoms with E-state index in [1.165, 1.54) is 17.4 Å². The highest BCUT2D eigenvalue weighted by Crippen LogP contribution is 2.36. The number of carboxylic acid groups (broad SMARTS) is 1. The number of rotatable bonds is 4. The molecule has 1 aromatic heterocycles. The summed E-state index contributed by atoms with van der Waals surface area (Å²) in [5.41, 5.74) is 1.90. The Hall–Kier alpha value is -2.15. The molecule has 0 radical (unpaired) electrons. The topological polar surface area (TPSA) is 69.6 Å². The molecule has 7 heteroatoms. The van der Waals surface area contributed by atoms with Crippen LogP contribution in [0.15, 0.2) is 30.3 Å². The van der Waals surface area contributed by atoms with Gasteiger partial charge in [-0.2, -0.15) is 0 Å². The predicted octanol–water partition coefficient (Wildman–Crippen LogP) is 3.74. The Morgan fingerprint density at radius 1 is 1.32 bits per heavy atom. The molecule has 0 atom stereocenters. The zero-order valence-electron chi connectivity index (χ0n) is 13.6. The number of hydrogen-bond acceptors (Lipinski definition) is 4. The van der Waals surface area contributed by atoms with Crippen molar-refractivity contribution in [1.82, 2.24) is 4.90 Å². The van der Waals surface area contributed by atoms with Crippen LogP contribution in [0.2, 0.25) is 5.02 Å². The third-order valence-corrected chi connectivity index (χ3v) is 5.38. The smallest absolute Gasteiger partial charge is 0.339 e. The molecule has 0 fully saturated rings. The Morgan fingerprint density at radius 2 is 2.04 bits per heavy atom. The molecular formula is C18H17ClN2O3S. The van der Waals surface area contributed by atoms with E-state index < -0.39 is 5.97 Å². The third-order valence-electron chi connectivity index (χ3n) is 4.00. The average molecular weight is 377 g/mol. The minimum absolute atomic E-state index is 0.223. The van der Waals surface area contributed by atoms with Crippen molar-refractivity contribution in [3.8, 4) is 0 Å². The van der Waals surface area contributed by atoms with Crippen molar-refractivity contribution in [3.63, 3.8) is 0 Å². The Morgan fingerprint density at radius 3 is 2.72 bits per heavy atom. The summed E-state index contributed by atoms with van der Waals surface area (Å²) in [5, 5.41) is 13.3. The Kier molecular flexibility index (Phi) is 5.22. The second-order valence-corrected chi connectivity index (χ2v) is 7.42. The normalized spacial score (nSPS) is 14.5. The molecule has 2 N–H and O–H groups in total. The first-order valence-electron chi connectivity index (χ1n) is 7.75. The number of thiophene rings is 1. The van der Waals surface area contributed by atoms with Gasteiger partial charge in [0.15, 0.2) is 0 Å². The standard InChI is InChI=1S/C18H17ClN2O3S/c1-21-9-8-13-14(10-21)25-17(16(13)18(23)24)20-15(22)7-4-11-2-5-12(19)6-3-11/h2-7H,8-10H2,1H3,(H,20,22)(H,23,24)/b7-4+. The first kappa shape index (κ1) is 17.7. The van der Waals surface area contributed by atoms with Crippen molar-refractivity contribution in [1.29, 1.82) is 0 Å². The van der Waals surface area contributed by atoms with E-state index in [9.17, 15) is 14.7 Å². The number of aromatic carboxylic acids is 1. The lowest BCUT2D eigenvalue weighted by Crippen LogP contribution is -2.26. The molecule has 0 saturated heterocycles. The molecule has 25 heavy (non-hydrogen) atoms. The van der Waals surface area contributed by atoms with E-state index in [0.29, 0.717) is 23.0 Å². The van der Waals surface area contributed by atoms with E-state index in [1.807, 2.05) is 7.05 Å². The van der Waals surface area contributed by atoms with Crippen molar-refractivity contribution in [2.75, 3.05) is 18.9 Å². The number of halogens is 1. The number of nitrogens with one attached hydrogen (secondary N) is 1. The van der Waals surface area contributed by atoms with Crippen LogP contribution >= 0.6 is 22.9 Å². The fraction of sp³-hybridized carbons (Fsp3) is 0.222. The van der Waals surface area contributed by atoms with E-state index in [0.717, 1.165) is 22.5 Å². The zero-order chi connectivity index (χ0) is 18.0. The summed E-state index contributed by atoms with van der Waals surface area (Å²) in [5.74, 6) is -1.36. The van der Waals surface area contributed by atoms with Gasteiger partial charge < -0.3 is 15.3 Å². The van der Waals surface area contributed by atoms with Gasteiger partial charge in [-0.15, -0.1) is 11.3 Å². The summed E-state index contributed by atoms with van der Waals surface area (Å²) in [7, 11) is 2.00. The van der Waals surface area contributed by atoms with E-state index in [2.05, 4.69) is 10.2 Å². The number of likely N-dealkylation sites (N-methyl/N-ethyl adjacent to an activating group) is 1. The van der Waals surface area contributed by atoms with Gasteiger partial charge in [-0.1, -0.05) is 23.7 Å². The van der Waals surface area contributed by atoms with Gasteiger partial charge in [-0.25, -0.2) is 4.79 Å². The number of benzene rings is 1. The first-order chi connectivity index (χ1) is 11.9. The van der Waals surface area contributed by atoms with Gasteiger partial charge in [0.25, 0.3) is 0 Å². The molecular weight excluding hydrogens is 360 g/mol. The summed E-state index contributed by atoms with van der Waals surface area (Å²) in [6.45, 7) is 1.52. The third kappa shape index (κ3) is 4.10. The molecule has 3 rings (SSSR count). The molecule has 5 nitrogen and oxygen atoms in total. The lowest BCUT2D eigenvalue weighted by Gasteiger charge is -2.22. The van der Waals surface area contributed by atoms with E-state index >= 15 is 0 Å². The van der Waals surface area contributed by atoms with Gasteiger partial charge in [-0.05, 0) is 42.8 Å². The fourth-order valence-electron chi connectivity index (χ4n) is 2.74. The molecule has 1 aromatic carbocycles. The maximum Gasteiger partial charge on any atom is 0.339 e. The molecule has 0 unspecified atom stereocenters. The molecule has 1 aliphatic heterocycles. The van der Waals surface area contributed by atoms with Crippen LogP contribution in [0.5, 0.6) is 0 Å². The summed E-state index contributed by atoms with van der Waals surface area (Å²) in [4.78, 5) is 27.0. The number of carbonyl (C=O) groups is 2. The van der Waals surface area contributed by atoms with E-state index in [1.54, 1.807) is 30.3 Å². The van der Waals surface area contributed by atoms with Gasteiger partial charge in [0.05, 0.1) is 5.56 Å². The van der Waals surface area contributed by atoms with Crippen molar-refractivity contribution >= 4 is 45.9 Å². The van der Waals surface area contributed by atoms with Gasteiger partial charge in [0.1, 0.15) is 5.00 Å². The average Bonchev–Trinajstić information content (AvgIpc) is 2.91. The van der Waals surface area contributed by atoms with Crippen LogP contribution in [0.4, 0.5) is 5.00 Å². The Balaban J connectivity index is 1.79. The number of anilines is 1. The molecule has 0 saturated carbocycles. The number of amides is 1. The van der Waals surface area contributed by atoms with Gasteiger partial charge in [0.2, 0.25) is 5.91 Å². The highest BCUT2D eigenvalue weighted by Gasteiger charge is 2.27. The van der Waals surface area contributed by atoms with E-state index in [4.69, 9.17) is 11.6 Å². The van der Waals surface area contributed by atoms with Crippen LogP contribution in [0.1, 0.15) is 26.4 Å². The van der Waals surface area contributed by atoms with Crippen LogP contribution in [-0.4, -0.2) is 35.5 Å². The lowest BCUT2D eigenvalue weighted by molar-refractivity contribution is -0.111. The number of hydrogen-bond donors (Lipinski definition) is 2. The van der Waals surface area contributed by atoms with Crippen LogP contribution in [0.3, 0.4) is 0 Å². The van der Waals surface area contributed by atoms with Crippen LogP contribution in [-0.2, 0) is 17.8 Å². The lowest BCUT2D eigenvalue weighted by atomic mass is 10.0. The second-order valence-electron chi connectivity index (χ2n) is 5.87.